The van der Waals surface area contributed by atoms with Crippen LogP contribution in [0.3, 0.4) is 0 Å². The maximum absolute atomic E-state index is 12.2. The molecule has 8 N–H and O–H groups in total. The third kappa shape index (κ3) is 33.4. The minimum Gasteiger partial charge on any atom is -1.00 e. The number of benzene rings is 6. The molecule has 28 heteroatoms. The molecule has 0 spiro atoms. The number of rotatable bonds is 19. The second kappa shape index (κ2) is 57.2. The second-order valence-electron chi connectivity index (χ2n) is 31.4. The van der Waals surface area contributed by atoms with Gasteiger partial charge < -0.3 is 93.1 Å². The van der Waals surface area contributed by atoms with Gasteiger partial charge >= 0.3 is 65.8 Å². The molecular weight excluding hydrogens is 1680 g/mol. The number of hydrogen-bond donors (Lipinski definition) is 5. The quantitative estimate of drug-likeness (QED) is 0.00578. The first-order chi connectivity index (χ1) is 60.2. The second-order valence-corrected chi connectivity index (χ2v) is 31.4. The van der Waals surface area contributed by atoms with Crippen molar-refractivity contribution in [2.24, 2.45) is 10.7 Å². The van der Waals surface area contributed by atoms with Gasteiger partial charge in [0.05, 0.1) is 61.5 Å². The molecule has 0 aliphatic rings. The molecule has 6 aromatic carbocycles. The van der Waals surface area contributed by atoms with E-state index in [0.717, 1.165) is 141 Å². The number of nitrogens with zero attached hydrogens (tertiary/aromatic N) is 8. The summed E-state index contributed by atoms with van der Waals surface area (Å²) in [5, 5.41) is 33.3. The Morgan fingerprint density at radius 3 is 1.21 bits per heavy atom. The molecule has 0 aliphatic heterocycles. The number of carbonyl (C=O) groups excluding carboxylic acids is 4. The number of H-pyrrole nitrogens is 3. The molecule has 14 rings (SSSR count). The number of carboxylic acids is 1. The first-order valence-electron chi connectivity index (χ1n) is 42.9. The first-order valence-corrected chi connectivity index (χ1v) is 42.9. The number of carbonyl (C=O) groups is 5. The van der Waals surface area contributed by atoms with Crippen molar-refractivity contribution in [2.45, 2.75) is 206 Å². The fourth-order valence-electron chi connectivity index (χ4n) is 13.7. The molecule has 8 heterocycles. The topological polar surface area (TPSA) is 385 Å². The molecule has 0 unspecified atom stereocenters. The number of aromatic amines is 3. The van der Waals surface area contributed by atoms with Gasteiger partial charge in [-0.3, -0.25) is 19.4 Å². The van der Waals surface area contributed by atoms with Crippen LogP contribution in [0.1, 0.15) is 209 Å². The van der Waals surface area contributed by atoms with Crippen LogP contribution < -0.4 is 48.1 Å². The number of ether oxygens (including phenoxy) is 3. The monoisotopic (exact) mass is 1810 g/mol. The molecule has 25 nitrogen and oxygen atoms in total. The van der Waals surface area contributed by atoms with E-state index in [1.165, 1.54) is 66.7 Å². The van der Waals surface area contributed by atoms with E-state index in [4.69, 9.17) is 26.4 Å². The number of aryl methyl sites for hydroxylation is 7. The summed E-state index contributed by atoms with van der Waals surface area (Å²) in [7, 11) is 3.68. The van der Waals surface area contributed by atoms with Crippen LogP contribution in [-0.2, 0) is 69.4 Å². The summed E-state index contributed by atoms with van der Waals surface area (Å²) < 4.78 is 24.3. The average Bonchev–Trinajstić information content (AvgIpc) is 1.63. The summed E-state index contributed by atoms with van der Waals surface area (Å²) in [5.74, 6) is -2.94. The van der Waals surface area contributed by atoms with Crippen molar-refractivity contribution in [2.75, 3.05) is 21.3 Å². The van der Waals surface area contributed by atoms with Gasteiger partial charge in [-0.2, -0.15) is 16.9 Å². The van der Waals surface area contributed by atoms with Crippen LogP contribution in [0.2, 0.25) is 0 Å². The summed E-state index contributed by atoms with van der Waals surface area (Å²) in [6.45, 7) is 43.0. The number of pyridine rings is 2. The van der Waals surface area contributed by atoms with E-state index in [-0.39, 0.29) is 98.8 Å². The number of aliphatic imine (C=N–C) groups is 1. The Labute approximate surface area is 803 Å². The van der Waals surface area contributed by atoms with Crippen LogP contribution in [-0.4, -0.2) is 145 Å². The Kier molecular flexibility index (Phi) is 51.0. The number of ketones is 1. The fraction of sp³-hybridized carbons (Fsp3) is 0.330. The van der Waals surface area contributed by atoms with E-state index in [0.29, 0.717) is 30.5 Å². The zero-order valence-corrected chi connectivity index (χ0v) is 82.1. The van der Waals surface area contributed by atoms with E-state index in [9.17, 15) is 33.6 Å². The number of nitriles is 2. The number of allylic oxidation sites excluding steroid dienone is 1. The molecule has 131 heavy (non-hydrogen) atoms. The molecule has 8 aromatic heterocycles. The van der Waals surface area contributed by atoms with Crippen LogP contribution in [0.4, 0.5) is 0 Å². The van der Waals surface area contributed by atoms with Crippen molar-refractivity contribution in [3.8, 4) is 34.7 Å². The predicted octanol–water partition coefficient (Wildman–Crippen LogP) is 15.4. The summed E-state index contributed by atoms with van der Waals surface area (Å²) >= 11 is 0. The summed E-state index contributed by atoms with van der Waals surface area (Å²) in [4.78, 5) is 93.9. The van der Waals surface area contributed by atoms with E-state index < -0.39 is 35.0 Å². The summed E-state index contributed by atoms with van der Waals surface area (Å²) in [6.07, 6.45) is 19.6. The van der Waals surface area contributed by atoms with Gasteiger partial charge in [0.25, 0.3) is 11.1 Å². The third-order valence-corrected chi connectivity index (χ3v) is 19.8. The van der Waals surface area contributed by atoms with Gasteiger partial charge in [-0.15, -0.1) is 0 Å². The number of aromatic carboxylic acids is 1. The molecule has 0 fully saturated rings. The minimum absolute atomic E-state index is 0. The zero-order chi connectivity index (χ0) is 93.1. The number of aromatic nitrogens is 8. The minimum atomic E-state index is -1.21. The Morgan fingerprint density at radius 1 is 0.496 bits per heavy atom. The Bertz CT molecular complexity index is 6300. The van der Waals surface area contributed by atoms with Crippen molar-refractivity contribution >= 4 is 124 Å². The summed E-state index contributed by atoms with van der Waals surface area (Å²) in [6, 6.07) is 55.9. The van der Waals surface area contributed by atoms with Gasteiger partial charge in [0.1, 0.15) is 16.7 Å². The molecule has 0 radical (unpaired) electrons. The number of hydrogen-bond acceptors (Lipinski definition) is 16. The zero-order valence-electron chi connectivity index (χ0n) is 79.9. The number of halogens is 1. The smallest absolute Gasteiger partial charge is 1.00 e. The van der Waals surface area contributed by atoms with E-state index in [1.54, 1.807) is 19.1 Å². The Hall–Kier alpha value is -12.1. The molecule has 0 amide bonds. The van der Waals surface area contributed by atoms with Gasteiger partial charge in [0.2, 0.25) is 0 Å². The van der Waals surface area contributed by atoms with Gasteiger partial charge in [0.15, 0.2) is 5.78 Å². The summed E-state index contributed by atoms with van der Waals surface area (Å²) in [5.41, 5.74) is 20.9. The Morgan fingerprint density at radius 2 is 0.847 bits per heavy atom. The van der Waals surface area contributed by atoms with Crippen molar-refractivity contribution in [1.29, 1.82) is 10.5 Å². The van der Waals surface area contributed by atoms with Crippen LogP contribution >= 0.6 is 0 Å². The standard InChI is InChI=1S/C19H20N2O3.C18H18N2O3.C18H26N2.C14H17NO.C11H10N2.C9H6N2.C7H10O4.C4H11N.C3H7.ClH.Li.Mg.2H2O/c1-4-12-11-15(19(23)24-3)18(22)20-17(12)14-6-7-16-13(10-14)8-9-21(16)5-2;1-3-11-10-14(18(22)23)17(21)19-16(11)13-5-6-15-12(9-13)7-8-20(15)4-2;1-6-8-16(19-18(3,4)5)14-9-10-17-15(13-14)11-12-20(17)7-2;1-3-5-14(16)12-6-7-13-11(10-12)8-9-15(13)4-2;1-2-13-6-5-10-7-9(8-12)3-4-11(10)13;10-6-7-1-2-9-8(5-7)3-4-11-9;1-4-5(6(8)10-2)7(9)11-3;1-4(2,3)5;1-3-2;;;;;/h6-11H,4-5H2,1-3H3,(H,20,22);5-10H,3-4H2,1-2H3,(H,19,21)(H,22,23);9-13H,6-8H2,1-5H3;6-10H,3-5H2,1-2H3;3-7H,2H2,1H3;1-5,11H;4H,1-3H3;5H2,1-3H3;1,3H2,2H3;1H;;;2*1H2/q;;;;;;;;-1;;+1;+2;;/p-3. The van der Waals surface area contributed by atoms with Crippen LogP contribution in [0.25, 0.3) is 87.9 Å². The van der Waals surface area contributed by atoms with Crippen LogP contribution in [0.15, 0.2) is 221 Å². The molecule has 688 valence electrons. The number of nitrogens with one attached hydrogen (secondary N) is 3. The average molecular weight is 1810 g/mol. The Balaban J connectivity index is 0.000000760. The maximum atomic E-state index is 12.2. The third-order valence-electron chi connectivity index (χ3n) is 19.8. The van der Waals surface area contributed by atoms with Crippen molar-refractivity contribution in [3.05, 3.63) is 279 Å². The predicted molar refractivity (Wildman–Crippen MR) is 522 cm³/mol. The fourth-order valence-corrected chi connectivity index (χ4v) is 13.7. The van der Waals surface area contributed by atoms with Crippen molar-refractivity contribution in [3.63, 3.8) is 0 Å². The molecule has 0 saturated heterocycles. The number of nitrogens with two attached hydrogens (primary N) is 1. The molecule has 0 bridgehead atoms. The van der Waals surface area contributed by atoms with Crippen LogP contribution in [0.5, 0.6) is 0 Å². The van der Waals surface area contributed by atoms with Gasteiger partial charge in [0, 0.05) is 159 Å². The van der Waals surface area contributed by atoms with E-state index in [1.807, 2.05) is 158 Å². The van der Waals surface area contributed by atoms with Gasteiger partial charge in [-0.1, -0.05) is 65.3 Å². The SMILES string of the molecule is CC(C)(C)N.CC=C(C(=O)OC)C(=O)OC.CCCC(=NC(C)(C)C)c1ccc2c(ccn2CC)c1.CCCC(=O)c1ccc2c(ccn2CC)c1.CCc1cc(C(=O)O)c(=O)[nH]c1-c1ccc2c(ccn2CC)c1.CCc1cc(C(=O)OC)c(=O)[nH]c1-c1ccc2c(ccn2CC)c1.CCn1ccc2cc(C#N)ccc21.N#Cc1ccc2[nH]ccc2c1.[CH2-]CC.[Cl-].[Li+].[Mg+2].[OH-].[OH-]. The molecule has 0 atom stereocenters. The van der Waals surface area contributed by atoms with E-state index >= 15 is 0 Å². The molecule has 0 aliphatic carbocycles. The maximum Gasteiger partial charge on any atom is 2.00 e. The normalized spacial score (nSPS) is 10.4. The van der Waals surface area contributed by atoms with Gasteiger partial charge in [-0.25, -0.2) is 19.2 Å². The van der Waals surface area contributed by atoms with Gasteiger partial charge in [-0.05, 0) is 276 Å². The number of fused-ring (bicyclic) bond motifs is 6. The largest absolute Gasteiger partial charge is 2.00 e. The van der Waals surface area contributed by atoms with Crippen LogP contribution in [0, 0.1) is 29.6 Å². The molecular formula is C103H127ClLiMgN12O13-. The molecule has 14 aromatic rings. The number of carboxylic acid groups (broad SMARTS) is 1. The van der Waals surface area contributed by atoms with Crippen molar-refractivity contribution in [1.82, 2.24) is 37.8 Å². The van der Waals surface area contributed by atoms with E-state index in [2.05, 4.69) is 200 Å². The number of Topliss-reactive ketones (excluding diaryl/α,β-unsaturated/α-hetero) is 1. The molecule has 0 saturated carbocycles. The first kappa shape index (κ1) is 117. The van der Waals surface area contributed by atoms with Crippen molar-refractivity contribution < 1.29 is 85.5 Å². The number of methoxy groups -OCH3 is 3. The number of esters is 3.